The van der Waals surface area contributed by atoms with Gasteiger partial charge in [-0.15, -0.1) is 0 Å². The summed E-state index contributed by atoms with van der Waals surface area (Å²) in [5, 5.41) is 0. The first-order valence-corrected chi connectivity index (χ1v) is 8.23. The molecule has 0 aliphatic carbocycles. The van der Waals surface area contributed by atoms with Gasteiger partial charge in [0.25, 0.3) is 0 Å². The summed E-state index contributed by atoms with van der Waals surface area (Å²) in [7, 11) is 0. The molecule has 2 aromatic carbocycles. The molecule has 0 amide bonds. The van der Waals surface area contributed by atoms with E-state index in [1.165, 1.54) is 16.7 Å². The van der Waals surface area contributed by atoms with E-state index in [4.69, 9.17) is 0 Å². The first-order valence-electron chi connectivity index (χ1n) is 5.05. The molecule has 0 aliphatic heterocycles. The van der Waals surface area contributed by atoms with Crippen LogP contribution in [0.15, 0.2) is 66.5 Å². The predicted octanol–water partition coefficient (Wildman–Crippen LogP) is 4.11. The van der Waals surface area contributed by atoms with Gasteiger partial charge in [0.2, 0.25) is 0 Å². The molecule has 2 heteroatoms. The third kappa shape index (κ3) is 2.77. The van der Waals surface area contributed by atoms with E-state index in [1.54, 1.807) is 0 Å². The van der Waals surface area contributed by atoms with Crippen LogP contribution in [0.1, 0.15) is 11.1 Å². The van der Waals surface area contributed by atoms with E-state index in [1.807, 2.05) is 12.1 Å². The molecule has 2 rings (SSSR count). The fourth-order valence-electron chi connectivity index (χ4n) is 1.60. The summed E-state index contributed by atoms with van der Waals surface area (Å²) in [4.78, 5) is 0. The molecular weight excluding hydrogens is 278 g/mol. The Balaban J connectivity index is 2.48. The van der Waals surface area contributed by atoms with E-state index in [-0.39, 0.29) is 0 Å². The number of hydrogen-bond donors (Lipinski definition) is 0. The van der Waals surface area contributed by atoms with Crippen molar-refractivity contribution in [1.82, 2.24) is 0 Å². The average Bonchev–Trinajstić information content (AvgIpc) is 2.38. The monoisotopic (exact) mass is 290 g/mol. The third-order valence-electron chi connectivity index (χ3n) is 2.35. The molecule has 2 aromatic rings. The van der Waals surface area contributed by atoms with Gasteiger partial charge in [-0.25, -0.2) is 0 Å². The van der Waals surface area contributed by atoms with Crippen molar-refractivity contribution >= 4 is 27.5 Å². The summed E-state index contributed by atoms with van der Waals surface area (Å²) in [6.45, 7) is 1.16. The molecular formula is C14H11PSe. The zero-order chi connectivity index (χ0) is 11.2. The topological polar surface area (TPSA) is 0 Å². The van der Waals surface area contributed by atoms with E-state index in [0.29, 0.717) is 0 Å². The van der Waals surface area contributed by atoms with Crippen molar-refractivity contribution in [3.8, 4) is 0 Å². The van der Waals surface area contributed by atoms with Gasteiger partial charge in [-0.1, -0.05) is 0 Å². The van der Waals surface area contributed by atoms with Crippen LogP contribution < -0.4 is 0 Å². The molecule has 0 atom stereocenters. The van der Waals surface area contributed by atoms with Crippen molar-refractivity contribution in [2.75, 3.05) is 0 Å². The van der Waals surface area contributed by atoms with E-state index in [0.717, 1.165) is 6.83 Å². The van der Waals surface area contributed by atoms with Gasteiger partial charge in [0.05, 0.1) is 0 Å². The third-order valence-corrected chi connectivity index (χ3v) is 3.38. The molecule has 0 N–H and O–H groups in total. The Hall–Kier alpha value is -1.00. The zero-order valence-electron chi connectivity index (χ0n) is 8.71. The zero-order valence-corrected chi connectivity index (χ0v) is 11.3. The predicted molar refractivity (Wildman–Crippen MR) is 72.6 cm³/mol. The first kappa shape index (κ1) is 11.5. The molecule has 78 valence electrons. The quantitative estimate of drug-likeness (QED) is 0.589. The van der Waals surface area contributed by atoms with Gasteiger partial charge in [0.1, 0.15) is 0 Å². The van der Waals surface area contributed by atoms with Crippen LogP contribution in [0.5, 0.6) is 0 Å². The summed E-state index contributed by atoms with van der Waals surface area (Å²) in [6.07, 6.45) is 0. The van der Waals surface area contributed by atoms with Crippen LogP contribution in [0.4, 0.5) is 0 Å². The molecule has 0 fully saturated rings. The van der Waals surface area contributed by atoms with Crippen LogP contribution in [-0.4, -0.2) is 15.1 Å². The molecule has 0 nitrogen and oxygen atoms in total. The van der Waals surface area contributed by atoms with Gasteiger partial charge in [0, 0.05) is 0 Å². The molecule has 0 spiro atoms. The Labute approximate surface area is 105 Å². The Kier molecular flexibility index (Phi) is 4.25. The number of rotatable bonds is 3. The SMILES string of the molecule is [Se]=PC=C(c1ccccc1)c1ccccc1. The minimum absolute atomic E-state index is 1.16. The molecule has 0 saturated heterocycles. The standard InChI is InChI=1S/C14H11PSe/c16-15-11-14(12-7-3-1-4-8-12)13-9-5-2-6-10-13/h1-11H. The second-order valence-electron chi connectivity index (χ2n) is 3.38. The van der Waals surface area contributed by atoms with Gasteiger partial charge < -0.3 is 0 Å². The second-order valence-corrected chi connectivity index (χ2v) is 5.18. The Morgan fingerprint density at radius 3 is 1.62 bits per heavy atom. The van der Waals surface area contributed by atoms with Crippen LogP contribution in [0, 0.1) is 0 Å². The summed E-state index contributed by atoms with van der Waals surface area (Å²) < 4.78 is 0. The molecule has 16 heavy (non-hydrogen) atoms. The normalized spacial score (nSPS) is 10.0. The molecule has 0 bridgehead atoms. The Morgan fingerprint density at radius 1 is 0.812 bits per heavy atom. The van der Waals surface area contributed by atoms with Crippen LogP contribution in [0.3, 0.4) is 0 Å². The maximum atomic E-state index is 3.01. The summed E-state index contributed by atoms with van der Waals surface area (Å²) in [6, 6.07) is 20.9. The molecule has 0 radical (unpaired) electrons. The van der Waals surface area contributed by atoms with E-state index < -0.39 is 0 Å². The van der Waals surface area contributed by atoms with E-state index in [9.17, 15) is 0 Å². The molecule has 0 aromatic heterocycles. The van der Waals surface area contributed by atoms with E-state index >= 15 is 0 Å². The summed E-state index contributed by atoms with van der Waals surface area (Å²) >= 11 is 3.01. The summed E-state index contributed by atoms with van der Waals surface area (Å²) in [5.41, 5.74) is 3.80. The van der Waals surface area contributed by atoms with Crippen LogP contribution in [0.2, 0.25) is 0 Å². The second kappa shape index (κ2) is 5.91. The van der Waals surface area contributed by atoms with Crippen molar-refractivity contribution in [3.05, 3.63) is 77.6 Å². The number of benzene rings is 2. The fourth-order valence-corrected chi connectivity index (χ4v) is 2.67. The fraction of sp³-hybridized carbons (Fsp3) is 0. The maximum absolute atomic E-state index is 3.01. The van der Waals surface area contributed by atoms with Crippen molar-refractivity contribution in [2.24, 2.45) is 0 Å². The van der Waals surface area contributed by atoms with Gasteiger partial charge in [-0.2, -0.15) is 0 Å². The molecule has 0 heterocycles. The molecule has 0 unspecified atom stereocenters. The first-order chi connectivity index (χ1) is 7.92. The van der Waals surface area contributed by atoms with Gasteiger partial charge in [-0.05, 0) is 0 Å². The number of hydrogen-bond acceptors (Lipinski definition) is 0. The van der Waals surface area contributed by atoms with Crippen molar-refractivity contribution in [1.29, 1.82) is 0 Å². The minimum atomic E-state index is 1.16. The Bertz CT molecular complexity index is 447. The van der Waals surface area contributed by atoms with Crippen LogP contribution >= 0.6 is 6.83 Å². The van der Waals surface area contributed by atoms with Crippen LogP contribution in [-0.2, 0) is 0 Å². The van der Waals surface area contributed by atoms with Crippen molar-refractivity contribution in [2.45, 2.75) is 0 Å². The van der Waals surface area contributed by atoms with Crippen molar-refractivity contribution < 1.29 is 0 Å². The van der Waals surface area contributed by atoms with Crippen LogP contribution in [0.25, 0.3) is 5.57 Å². The van der Waals surface area contributed by atoms with Gasteiger partial charge in [0.15, 0.2) is 0 Å². The summed E-state index contributed by atoms with van der Waals surface area (Å²) in [5.74, 6) is 2.20. The van der Waals surface area contributed by atoms with Gasteiger partial charge in [-0.3, -0.25) is 0 Å². The Morgan fingerprint density at radius 2 is 1.25 bits per heavy atom. The van der Waals surface area contributed by atoms with Gasteiger partial charge >= 0.3 is 105 Å². The van der Waals surface area contributed by atoms with Crippen molar-refractivity contribution in [3.63, 3.8) is 0 Å². The average molecular weight is 289 g/mol. The molecule has 0 saturated carbocycles. The van der Waals surface area contributed by atoms with E-state index in [2.05, 4.69) is 69.4 Å². The molecule has 0 aliphatic rings.